The van der Waals surface area contributed by atoms with Gasteiger partial charge in [-0.1, -0.05) is 0 Å². The van der Waals surface area contributed by atoms with Crippen LogP contribution >= 0.6 is 0 Å². The Kier molecular flexibility index (Phi) is 3.01. The summed E-state index contributed by atoms with van der Waals surface area (Å²) in [6.07, 6.45) is 5.95. The van der Waals surface area contributed by atoms with Crippen molar-refractivity contribution in [2.75, 3.05) is 13.6 Å². The largest absolute Gasteiger partial charge is 0.340 e. The summed E-state index contributed by atoms with van der Waals surface area (Å²) in [6, 6.07) is 0.580. The average molecular weight is 208 g/mol. The van der Waals surface area contributed by atoms with E-state index in [2.05, 4.69) is 15.5 Å². The summed E-state index contributed by atoms with van der Waals surface area (Å²) in [5.41, 5.74) is 1.03. The van der Waals surface area contributed by atoms with Crippen LogP contribution in [0.5, 0.6) is 0 Å². The number of nitrogens with zero attached hydrogens (tertiary/aromatic N) is 2. The van der Waals surface area contributed by atoms with Crippen LogP contribution in [0.3, 0.4) is 0 Å². The highest BCUT2D eigenvalue weighted by Gasteiger charge is 2.21. The third-order valence-electron chi connectivity index (χ3n) is 2.52. The van der Waals surface area contributed by atoms with E-state index in [1.165, 1.54) is 12.8 Å². The van der Waals surface area contributed by atoms with E-state index < -0.39 is 0 Å². The standard InChI is InChI=1S/C10H16N4O/c1-14(7-8-4-12-13-5-8)10(15)6-11-9-2-3-9/h4-5,9,11H,2-3,6-7H2,1H3,(H,12,13). The number of H-pyrrole nitrogens is 1. The van der Waals surface area contributed by atoms with Gasteiger partial charge in [-0.2, -0.15) is 5.10 Å². The van der Waals surface area contributed by atoms with Crippen molar-refractivity contribution in [2.24, 2.45) is 0 Å². The normalized spacial score (nSPS) is 15.3. The van der Waals surface area contributed by atoms with Crippen LogP contribution in [0.4, 0.5) is 0 Å². The summed E-state index contributed by atoms with van der Waals surface area (Å²) in [5, 5.41) is 9.77. The molecule has 1 heterocycles. The molecule has 0 atom stereocenters. The van der Waals surface area contributed by atoms with E-state index >= 15 is 0 Å². The molecule has 1 saturated carbocycles. The van der Waals surface area contributed by atoms with Gasteiger partial charge in [0.15, 0.2) is 0 Å². The smallest absolute Gasteiger partial charge is 0.236 e. The van der Waals surface area contributed by atoms with Crippen molar-refractivity contribution in [3.8, 4) is 0 Å². The number of hydrogen-bond donors (Lipinski definition) is 2. The van der Waals surface area contributed by atoms with Crippen molar-refractivity contribution in [1.29, 1.82) is 0 Å². The summed E-state index contributed by atoms with van der Waals surface area (Å²) < 4.78 is 0. The first-order chi connectivity index (χ1) is 7.25. The molecule has 1 amide bonds. The topological polar surface area (TPSA) is 61.0 Å². The highest BCUT2D eigenvalue weighted by atomic mass is 16.2. The van der Waals surface area contributed by atoms with Crippen LogP contribution in [-0.4, -0.2) is 40.6 Å². The highest BCUT2D eigenvalue weighted by molar-refractivity contribution is 5.78. The molecule has 1 aromatic heterocycles. The zero-order chi connectivity index (χ0) is 10.7. The van der Waals surface area contributed by atoms with Gasteiger partial charge in [-0.15, -0.1) is 0 Å². The van der Waals surface area contributed by atoms with E-state index in [0.29, 0.717) is 19.1 Å². The maximum atomic E-state index is 11.6. The van der Waals surface area contributed by atoms with Gasteiger partial charge in [-0.05, 0) is 12.8 Å². The quantitative estimate of drug-likeness (QED) is 0.722. The molecule has 82 valence electrons. The molecule has 0 aromatic carbocycles. The first-order valence-electron chi connectivity index (χ1n) is 5.20. The molecular formula is C10H16N4O. The van der Waals surface area contributed by atoms with Gasteiger partial charge in [-0.3, -0.25) is 9.89 Å². The van der Waals surface area contributed by atoms with Gasteiger partial charge in [-0.25, -0.2) is 0 Å². The lowest BCUT2D eigenvalue weighted by Gasteiger charge is -2.16. The first-order valence-corrected chi connectivity index (χ1v) is 5.20. The second kappa shape index (κ2) is 4.44. The third-order valence-corrected chi connectivity index (χ3v) is 2.52. The lowest BCUT2D eigenvalue weighted by molar-refractivity contribution is -0.129. The van der Waals surface area contributed by atoms with E-state index in [1.54, 1.807) is 17.3 Å². The number of aromatic nitrogens is 2. The Hall–Kier alpha value is -1.36. The zero-order valence-corrected chi connectivity index (χ0v) is 8.86. The van der Waals surface area contributed by atoms with Gasteiger partial charge in [0.25, 0.3) is 0 Å². The Bertz CT molecular complexity index is 318. The monoisotopic (exact) mass is 208 g/mol. The number of carbonyl (C=O) groups excluding carboxylic acids is 1. The van der Waals surface area contributed by atoms with E-state index in [0.717, 1.165) is 5.56 Å². The molecule has 5 nitrogen and oxygen atoms in total. The Labute approximate surface area is 88.8 Å². The number of hydrogen-bond acceptors (Lipinski definition) is 3. The predicted molar refractivity (Wildman–Crippen MR) is 56.1 cm³/mol. The maximum absolute atomic E-state index is 11.6. The van der Waals surface area contributed by atoms with Crippen molar-refractivity contribution in [1.82, 2.24) is 20.4 Å². The predicted octanol–water partition coefficient (Wildman–Crippen LogP) is 0.120. The first kappa shape index (κ1) is 10.2. The molecule has 0 aliphatic heterocycles. The number of aromatic amines is 1. The Balaban J connectivity index is 1.73. The highest BCUT2D eigenvalue weighted by Crippen LogP contribution is 2.18. The minimum Gasteiger partial charge on any atom is -0.340 e. The van der Waals surface area contributed by atoms with E-state index in [1.807, 2.05) is 7.05 Å². The minimum atomic E-state index is 0.128. The lowest BCUT2D eigenvalue weighted by Crippen LogP contribution is -2.35. The fraction of sp³-hybridized carbons (Fsp3) is 0.600. The molecule has 0 bridgehead atoms. The Morgan fingerprint density at radius 3 is 3.13 bits per heavy atom. The van der Waals surface area contributed by atoms with Gasteiger partial charge in [0.2, 0.25) is 5.91 Å². The number of nitrogens with one attached hydrogen (secondary N) is 2. The van der Waals surface area contributed by atoms with Crippen molar-refractivity contribution in [2.45, 2.75) is 25.4 Å². The van der Waals surface area contributed by atoms with E-state index in [-0.39, 0.29) is 5.91 Å². The molecular weight excluding hydrogens is 192 g/mol. The van der Waals surface area contributed by atoms with Crippen molar-refractivity contribution >= 4 is 5.91 Å². The molecule has 0 spiro atoms. The number of rotatable bonds is 5. The summed E-state index contributed by atoms with van der Waals surface area (Å²) in [4.78, 5) is 13.3. The number of likely N-dealkylation sites (N-methyl/N-ethyl adjacent to an activating group) is 1. The van der Waals surface area contributed by atoms with E-state index in [9.17, 15) is 4.79 Å². The molecule has 0 radical (unpaired) electrons. The van der Waals surface area contributed by atoms with Gasteiger partial charge in [0.1, 0.15) is 0 Å². The summed E-state index contributed by atoms with van der Waals surface area (Å²) in [6.45, 7) is 1.06. The second-order valence-electron chi connectivity index (χ2n) is 4.01. The van der Waals surface area contributed by atoms with Gasteiger partial charge < -0.3 is 10.2 Å². The van der Waals surface area contributed by atoms with Crippen LogP contribution in [0.25, 0.3) is 0 Å². The van der Waals surface area contributed by atoms with Crippen molar-refractivity contribution in [3.05, 3.63) is 18.0 Å². The summed E-state index contributed by atoms with van der Waals surface area (Å²) in [7, 11) is 1.81. The van der Waals surface area contributed by atoms with Crippen LogP contribution in [0.1, 0.15) is 18.4 Å². The van der Waals surface area contributed by atoms with Crippen molar-refractivity contribution < 1.29 is 4.79 Å². The molecule has 2 rings (SSSR count). The summed E-state index contributed by atoms with van der Waals surface area (Å²) >= 11 is 0. The molecule has 1 fully saturated rings. The Morgan fingerprint density at radius 2 is 2.53 bits per heavy atom. The molecule has 15 heavy (non-hydrogen) atoms. The molecule has 0 saturated heterocycles. The van der Waals surface area contributed by atoms with Gasteiger partial charge in [0, 0.05) is 31.4 Å². The molecule has 1 aliphatic rings. The van der Waals surface area contributed by atoms with Crippen LogP contribution < -0.4 is 5.32 Å². The molecule has 1 aromatic rings. The van der Waals surface area contributed by atoms with Crippen LogP contribution in [0, 0.1) is 0 Å². The minimum absolute atomic E-state index is 0.128. The lowest BCUT2D eigenvalue weighted by atomic mass is 10.3. The fourth-order valence-corrected chi connectivity index (χ4v) is 1.38. The SMILES string of the molecule is CN(Cc1cn[nH]c1)C(=O)CNC1CC1. The van der Waals surface area contributed by atoms with E-state index in [4.69, 9.17) is 0 Å². The zero-order valence-electron chi connectivity index (χ0n) is 8.86. The second-order valence-corrected chi connectivity index (χ2v) is 4.01. The van der Waals surface area contributed by atoms with Crippen LogP contribution in [-0.2, 0) is 11.3 Å². The van der Waals surface area contributed by atoms with Gasteiger partial charge >= 0.3 is 0 Å². The summed E-state index contributed by atoms with van der Waals surface area (Å²) in [5.74, 6) is 0.128. The number of amides is 1. The van der Waals surface area contributed by atoms with Crippen LogP contribution in [0.15, 0.2) is 12.4 Å². The fourth-order valence-electron chi connectivity index (χ4n) is 1.38. The molecule has 1 aliphatic carbocycles. The van der Waals surface area contributed by atoms with Crippen LogP contribution in [0.2, 0.25) is 0 Å². The third kappa shape index (κ3) is 3.06. The number of carbonyl (C=O) groups is 1. The Morgan fingerprint density at radius 1 is 1.73 bits per heavy atom. The van der Waals surface area contributed by atoms with Gasteiger partial charge in [0.05, 0.1) is 12.7 Å². The average Bonchev–Trinajstić information content (AvgIpc) is 2.92. The molecule has 5 heteroatoms. The molecule has 2 N–H and O–H groups in total. The molecule has 0 unspecified atom stereocenters. The maximum Gasteiger partial charge on any atom is 0.236 e. The van der Waals surface area contributed by atoms with Crippen molar-refractivity contribution in [3.63, 3.8) is 0 Å².